The van der Waals surface area contributed by atoms with E-state index in [2.05, 4.69) is 4.72 Å². The number of hydrogen-bond donors (Lipinski definition) is 1. The summed E-state index contributed by atoms with van der Waals surface area (Å²) in [6.07, 6.45) is 6.78. The molecule has 1 N–H and O–H groups in total. The van der Waals surface area contributed by atoms with Gasteiger partial charge in [0.25, 0.3) is 5.91 Å². The molecule has 126 valence electrons. The number of carbonyl (C=O) groups excluding carboxylic acids is 1. The van der Waals surface area contributed by atoms with Gasteiger partial charge >= 0.3 is 10.2 Å². The highest BCUT2D eigenvalue weighted by Crippen LogP contribution is 2.45. The van der Waals surface area contributed by atoms with E-state index in [9.17, 15) is 13.2 Å². The van der Waals surface area contributed by atoms with Gasteiger partial charge in [0, 0.05) is 0 Å². The molecule has 1 spiro atoms. The van der Waals surface area contributed by atoms with Gasteiger partial charge in [-0.15, -0.1) is 0 Å². The highest BCUT2D eigenvalue weighted by Gasteiger charge is 2.48. The van der Waals surface area contributed by atoms with Crippen molar-refractivity contribution < 1.29 is 17.9 Å². The second-order valence-electron chi connectivity index (χ2n) is 7.41. The van der Waals surface area contributed by atoms with Crippen LogP contribution in [-0.2, 0) is 19.7 Å². The first-order valence-electron chi connectivity index (χ1n) is 8.28. The Morgan fingerprint density at radius 3 is 2.59 bits per heavy atom. The minimum atomic E-state index is -3.71. The molecule has 7 heteroatoms. The van der Waals surface area contributed by atoms with Gasteiger partial charge in [0.15, 0.2) is 0 Å². The third-order valence-corrected chi connectivity index (χ3v) is 6.78. The molecule has 1 unspecified atom stereocenters. The van der Waals surface area contributed by atoms with Crippen molar-refractivity contribution in [1.29, 1.82) is 0 Å². The Morgan fingerprint density at radius 2 is 2.00 bits per heavy atom. The van der Waals surface area contributed by atoms with Crippen molar-refractivity contribution in [3.05, 3.63) is 0 Å². The van der Waals surface area contributed by atoms with Gasteiger partial charge in [-0.3, -0.25) is 4.79 Å². The van der Waals surface area contributed by atoms with Crippen LogP contribution in [-0.4, -0.2) is 43.9 Å². The lowest BCUT2D eigenvalue weighted by atomic mass is 9.73. The maximum Gasteiger partial charge on any atom is 0.304 e. The van der Waals surface area contributed by atoms with Crippen molar-refractivity contribution in [3.63, 3.8) is 0 Å². The van der Waals surface area contributed by atoms with Crippen molar-refractivity contribution in [1.82, 2.24) is 9.03 Å². The van der Waals surface area contributed by atoms with Crippen LogP contribution in [0.15, 0.2) is 0 Å². The predicted octanol–water partition coefficient (Wildman–Crippen LogP) is 1.43. The van der Waals surface area contributed by atoms with Gasteiger partial charge in [0.05, 0.1) is 19.3 Å². The van der Waals surface area contributed by atoms with Gasteiger partial charge in [-0.2, -0.15) is 13.1 Å². The Kier molecular flexibility index (Phi) is 4.24. The average Bonchev–Trinajstić information content (AvgIpc) is 2.94. The molecular weight excluding hydrogens is 304 g/mol. The van der Waals surface area contributed by atoms with Gasteiger partial charge in [-0.1, -0.05) is 33.1 Å². The lowest BCUT2D eigenvalue weighted by Crippen LogP contribution is -2.39. The summed E-state index contributed by atoms with van der Waals surface area (Å²) in [5.41, 5.74) is 0.223. The topological polar surface area (TPSA) is 75.7 Å². The Morgan fingerprint density at radius 1 is 1.32 bits per heavy atom. The molecule has 1 amide bonds. The summed E-state index contributed by atoms with van der Waals surface area (Å²) >= 11 is 0. The lowest BCUT2D eigenvalue weighted by molar-refractivity contribution is -0.128. The maximum absolute atomic E-state index is 12.3. The van der Waals surface area contributed by atoms with Crippen LogP contribution in [0.3, 0.4) is 0 Å². The van der Waals surface area contributed by atoms with E-state index < -0.39 is 16.3 Å². The molecule has 0 bridgehead atoms. The van der Waals surface area contributed by atoms with Crippen LogP contribution in [0.5, 0.6) is 0 Å². The molecule has 2 aliphatic heterocycles. The second-order valence-corrected chi connectivity index (χ2v) is 9.04. The Balaban J connectivity index is 1.67. The summed E-state index contributed by atoms with van der Waals surface area (Å²) in [6.45, 7) is 4.55. The Bertz CT molecular complexity index is 540. The largest absolute Gasteiger partial charge is 0.376 e. The summed E-state index contributed by atoms with van der Waals surface area (Å²) in [6, 6.07) is -0.643. The van der Waals surface area contributed by atoms with Crippen LogP contribution in [0.25, 0.3) is 0 Å². The fourth-order valence-corrected chi connectivity index (χ4v) is 5.54. The zero-order chi connectivity index (χ0) is 16.0. The van der Waals surface area contributed by atoms with E-state index in [1.54, 1.807) is 0 Å². The fourth-order valence-electron chi connectivity index (χ4n) is 4.01. The first-order chi connectivity index (χ1) is 10.3. The highest BCUT2D eigenvalue weighted by atomic mass is 32.2. The molecular formula is C15H26N2O4S. The minimum absolute atomic E-state index is 0.0542. The summed E-state index contributed by atoms with van der Waals surface area (Å²) in [4.78, 5) is 12.3. The van der Waals surface area contributed by atoms with Crippen molar-refractivity contribution in [2.45, 2.75) is 64.5 Å². The van der Waals surface area contributed by atoms with Crippen LogP contribution >= 0.6 is 0 Å². The van der Waals surface area contributed by atoms with E-state index in [1.165, 1.54) is 19.3 Å². The van der Waals surface area contributed by atoms with Gasteiger partial charge in [-0.25, -0.2) is 4.31 Å². The summed E-state index contributed by atoms with van der Waals surface area (Å²) in [7, 11) is -3.71. The van der Waals surface area contributed by atoms with E-state index >= 15 is 0 Å². The lowest BCUT2D eigenvalue weighted by Gasteiger charge is -2.31. The van der Waals surface area contributed by atoms with Crippen molar-refractivity contribution >= 4 is 16.1 Å². The number of amides is 1. The van der Waals surface area contributed by atoms with E-state index in [0.717, 1.165) is 23.6 Å². The number of nitrogens with zero attached hydrogens (tertiary/aromatic N) is 1. The highest BCUT2D eigenvalue weighted by molar-refractivity contribution is 7.88. The van der Waals surface area contributed by atoms with Crippen LogP contribution in [0.1, 0.15) is 52.4 Å². The number of rotatable bonds is 3. The van der Waals surface area contributed by atoms with Crippen molar-refractivity contribution in [2.75, 3.05) is 13.2 Å². The van der Waals surface area contributed by atoms with Gasteiger partial charge < -0.3 is 4.74 Å². The molecule has 22 heavy (non-hydrogen) atoms. The molecule has 0 radical (unpaired) electrons. The molecule has 0 aromatic rings. The second kappa shape index (κ2) is 5.76. The first kappa shape index (κ1) is 16.2. The molecule has 1 aliphatic carbocycles. The molecule has 3 rings (SSSR count). The van der Waals surface area contributed by atoms with E-state index in [4.69, 9.17) is 4.74 Å². The number of hydrogen-bond acceptors (Lipinski definition) is 4. The molecule has 2 heterocycles. The molecule has 0 aromatic heterocycles. The van der Waals surface area contributed by atoms with Gasteiger partial charge in [0.2, 0.25) is 0 Å². The van der Waals surface area contributed by atoms with Crippen LogP contribution in [0.4, 0.5) is 0 Å². The molecule has 0 aromatic carbocycles. The molecule has 3 fully saturated rings. The first-order valence-corrected chi connectivity index (χ1v) is 9.72. The third kappa shape index (κ3) is 2.90. The van der Waals surface area contributed by atoms with E-state index in [1.807, 2.05) is 13.8 Å². The summed E-state index contributed by atoms with van der Waals surface area (Å²) in [5.74, 6) is -0.398. The zero-order valence-electron chi connectivity index (χ0n) is 13.4. The molecule has 2 saturated heterocycles. The summed E-state index contributed by atoms with van der Waals surface area (Å²) in [5, 5.41) is 0. The van der Waals surface area contributed by atoms with Crippen molar-refractivity contribution in [3.8, 4) is 0 Å². The SMILES string of the molecule is CC(C)[C@@H]1NS(=O)(=O)N(CC2CC3(CCCCC3)CO2)C1=O. The Hall–Kier alpha value is -0.660. The average molecular weight is 330 g/mol. The number of ether oxygens (including phenoxy) is 1. The smallest absolute Gasteiger partial charge is 0.304 e. The van der Waals surface area contributed by atoms with Crippen LogP contribution in [0, 0.1) is 11.3 Å². The molecule has 1 saturated carbocycles. The van der Waals surface area contributed by atoms with Gasteiger partial charge in [0.1, 0.15) is 6.04 Å². The fraction of sp³-hybridized carbons (Fsp3) is 0.933. The normalized spacial score (nSPS) is 34.0. The molecule has 3 aliphatic rings. The standard InChI is InChI=1S/C15H26N2O4S/c1-11(2)13-14(18)17(22(19,20)16-13)9-12-8-15(10-21-12)6-4-3-5-7-15/h11-13,16H,3-10H2,1-2H3/t12?,13-/m0/s1. The van der Waals surface area contributed by atoms with Gasteiger partial charge in [-0.05, 0) is 30.6 Å². The molecule has 2 atom stereocenters. The third-order valence-electron chi connectivity index (χ3n) is 5.31. The minimum Gasteiger partial charge on any atom is -0.376 e. The van der Waals surface area contributed by atoms with E-state index in [-0.39, 0.29) is 29.9 Å². The monoisotopic (exact) mass is 330 g/mol. The van der Waals surface area contributed by atoms with Crippen LogP contribution in [0.2, 0.25) is 0 Å². The number of carbonyl (C=O) groups is 1. The van der Waals surface area contributed by atoms with E-state index in [0.29, 0.717) is 6.61 Å². The molecule has 6 nitrogen and oxygen atoms in total. The summed E-state index contributed by atoms with van der Waals surface area (Å²) < 4.78 is 33.7. The maximum atomic E-state index is 12.3. The quantitative estimate of drug-likeness (QED) is 0.849. The predicted molar refractivity (Wildman–Crippen MR) is 82.3 cm³/mol. The zero-order valence-corrected chi connectivity index (χ0v) is 14.2. The number of nitrogens with one attached hydrogen (secondary N) is 1. The van der Waals surface area contributed by atoms with Crippen LogP contribution < -0.4 is 4.72 Å². The van der Waals surface area contributed by atoms with Crippen molar-refractivity contribution in [2.24, 2.45) is 11.3 Å². The Labute approximate surface area is 132 Å².